The fraction of sp³-hybridized carbons (Fsp3) is 0.407. The van der Waals surface area contributed by atoms with Gasteiger partial charge in [0.15, 0.2) is 5.82 Å². The average molecular weight is 476 g/mol. The zero-order chi connectivity index (χ0) is 25.4. The van der Waals surface area contributed by atoms with Crippen LogP contribution in [0.3, 0.4) is 0 Å². The summed E-state index contributed by atoms with van der Waals surface area (Å²) in [5.41, 5.74) is 1.67. The summed E-state index contributed by atoms with van der Waals surface area (Å²) in [6.45, 7) is 7.74. The monoisotopic (exact) mass is 475 g/mol. The van der Waals surface area contributed by atoms with Crippen molar-refractivity contribution >= 4 is 23.4 Å². The molecule has 0 spiro atoms. The van der Waals surface area contributed by atoms with Crippen LogP contribution in [-0.2, 0) is 4.79 Å². The lowest BCUT2D eigenvalue weighted by Gasteiger charge is -2.37. The Morgan fingerprint density at radius 2 is 2.03 bits per heavy atom. The van der Waals surface area contributed by atoms with Gasteiger partial charge in [-0.3, -0.25) is 4.79 Å². The van der Waals surface area contributed by atoms with Gasteiger partial charge in [0.05, 0.1) is 17.2 Å². The van der Waals surface area contributed by atoms with Crippen LogP contribution in [0, 0.1) is 17.2 Å². The van der Waals surface area contributed by atoms with Gasteiger partial charge in [0, 0.05) is 37.9 Å². The van der Waals surface area contributed by atoms with E-state index in [1.165, 1.54) is 0 Å². The van der Waals surface area contributed by atoms with E-state index in [2.05, 4.69) is 11.1 Å². The molecule has 1 aromatic rings. The van der Waals surface area contributed by atoms with E-state index in [1.807, 2.05) is 37.8 Å². The lowest BCUT2D eigenvalue weighted by molar-refractivity contribution is -0.141. The molecule has 0 saturated carbocycles. The molecule has 1 fully saturated rings. The predicted molar refractivity (Wildman–Crippen MR) is 137 cm³/mol. The summed E-state index contributed by atoms with van der Waals surface area (Å²) in [5, 5.41) is 30.2. The Morgan fingerprint density at radius 1 is 1.29 bits per heavy atom. The number of hydrogen-bond donors (Lipinski definition) is 2. The number of carbonyl (C=O) groups excluding carboxylic acids is 1. The number of hydrogen-bond acceptors (Lipinski definition) is 7. The standard InChI is InChI=1S/C27H33N5O3/c1-4-8-20(17-28)16-21-18-29-25(22-9-6-5-7-10-23(22)33)30-26(21)31-11-13-32(14-12-31)27(35)24(34)15-19(2)3/h4-6,8-10,16,18-19,24,33-34H,7,11-15H2,1-3H3/b8-4-,20-16+. The highest BCUT2D eigenvalue weighted by atomic mass is 16.3. The van der Waals surface area contributed by atoms with Gasteiger partial charge < -0.3 is 20.0 Å². The SMILES string of the molecule is C/C=C\C(C#N)=C/c1cnc(C2=CC=CCC=C2O)nc1N1CCN(C(=O)C(O)CC(C)C)CC1. The minimum atomic E-state index is -0.991. The van der Waals surface area contributed by atoms with Crippen LogP contribution in [0.5, 0.6) is 0 Å². The molecular weight excluding hydrogens is 442 g/mol. The Labute approximate surface area is 206 Å². The Morgan fingerprint density at radius 3 is 2.69 bits per heavy atom. The third-order valence-electron chi connectivity index (χ3n) is 5.82. The maximum Gasteiger partial charge on any atom is 0.251 e. The topological polar surface area (TPSA) is 114 Å². The van der Waals surface area contributed by atoms with E-state index < -0.39 is 6.10 Å². The van der Waals surface area contributed by atoms with E-state index in [9.17, 15) is 20.3 Å². The third kappa shape index (κ3) is 6.67. The molecule has 0 bridgehead atoms. The van der Waals surface area contributed by atoms with E-state index in [1.54, 1.807) is 41.5 Å². The number of rotatable bonds is 7. The number of nitriles is 1. The van der Waals surface area contributed by atoms with Gasteiger partial charge in [-0.25, -0.2) is 9.97 Å². The Kier molecular flexibility index (Phi) is 8.98. The number of allylic oxidation sites excluding steroid dienone is 8. The molecule has 2 heterocycles. The second-order valence-electron chi connectivity index (χ2n) is 8.98. The Balaban J connectivity index is 1.91. The van der Waals surface area contributed by atoms with Gasteiger partial charge in [-0.15, -0.1) is 0 Å². The molecule has 1 unspecified atom stereocenters. The molecule has 0 aromatic carbocycles. The third-order valence-corrected chi connectivity index (χ3v) is 5.82. The minimum absolute atomic E-state index is 0.116. The smallest absolute Gasteiger partial charge is 0.251 e. The number of piperazine rings is 1. The summed E-state index contributed by atoms with van der Waals surface area (Å²) in [6, 6.07) is 2.17. The normalized spacial score (nSPS) is 17.8. The Bertz CT molecular complexity index is 1120. The van der Waals surface area contributed by atoms with Gasteiger partial charge in [-0.1, -0.05) is 32.1 Å². The zero-order valence-corrected chi connectivity index (χ0v) is 20.6. The summed E-state index contributed by atoms with van der Waals surface area (Å²) in [4.78, 5) is 25.7. The molecule has 1 aliphatic carbocycles. The largest absolute Gasteiger partial charge is 0.508 e. The van der Waals surface area contributed by atoms with Crippen LogP contribution >= 0.6 is 0 Å². The van der Waals surface area contributed by atoms with Crippen LogP contribution in [0.25, 0.3) is 11.6 Å². The van der Waals surface area contributed by atoms with Gasteiger partial charge in [-0.05, 0) is 50.0 Å². The maximum absolute atomic E-state index is 12.7. The average Bonchev–Trinajstić information content (AvgIpc) is 3.07. The molecule has 2 N–H and O–H groups in total. The fourth-order valence-electron chi connectivity index (χ4n) is 4.04. The number of aliphatic hydroxyl groups is 2. The first-order valence-corrected chi connectivity index (χ1v) is 11.9. The fourth-order valence-corrected chi connectivity index (χ4v) is 4.04. The molecule has 3 rings (SSSR count). The maximum atomic E-state index is 12.7. The van der Waals surface area contributed by atoms with Crippen molar-refractivity contribution in [2.75, 3.05) is 31.1 Å². The molecule has 0 radical (unpaired) electrons. The lowest BCUT2D eigenvalue weighted by Crippen LogP contribution is -2.52. The molecule has 1 atom stereocenters. The zero-order valence-electron chi connectivity index (χ0n) is 20.6. The molecular formula is C27H33N5O3. The van der Waals surface area contributed by atoms with Crippen molar-refractivity contribution in [2.45, 2.75) is 39.7 Å². The first kappa shape index (κ1) is 25.9. The summed E-state index contributed by atoms with van der Waals surface area (Å²) in [5.74, 6) is 1.11. The van der Waals surface area contributed by atoms with Crippen LogP contribution in [0.2, 0.25) is 0 Å². The van der Waals surface area contributed by atoms with Crippen LogP contribution in [0.1, 0.15) is 45.0 Å². The van der Waals surface area contributed by atoms with Crippen molar-refractivity contribution in [2.24, 2.45) is 5.92 Å². The van der Waals surface area contributed by atoms with Crippen LogP contribution in [0.15, 0.2) is 54.0 Å². The molecule has 2 aliphatic rings. The van der Waals surface area contributed by atoms with Crippen molar-refractivity contribution in [3.05, 3.63) is 65.4 Å². The number of aromatic nitrogens is 2. The molecule has 1 aromatic heterocycles. The predicted octanol–water partition coefficient (Wildman–Crippen LogP) is 3.80. The highest BCUT2D eigenvalue weighted by molar-refractivity contribution is 5.81. The van der Waals surface area contributed by atoms with E-state index in [0.29, 0.717) is 67.4 Å². The molecule has 1 aliphatic heterocycles. The summed E-state index contributed by atoms with van der Waals surface area (Å²) >= 11 is 0. The molecule has 8 nitrogen and oxygen atoms in total. The number of aliphatic hydroxyl groups excluding tert-OH is 2. The number of carbonyl (C=O) groups is 1. The van der Waals surface area contributed by atoms with E-state index in [0.717, 1.165) is 0 Å². The van der Waals surface area contributed by atoms with Gasteiger partial charge >= 0.3 is 0 Å². The van der Waals surface area contributed by atoms with Crippen molar-refractivity contribution in [1.29, 1.82) is 5.26 Å². The van der Waals surface area contributed by atoms with Gasteiger partial charge in [0.25, 0.3) is 5.91 Å². The van der Waals surface area contributed by atoms with Crippen molar-refractivity contribution in [3.63, 3.8) is 0 Å². The first-order valence-electron chi connectivity index (χ1n) is 11.9. The Hall–Kier alpha value is -3.70. The van der Waals surface area contributed by atoms with Gasteiger partial charge in [-0.2, -0.15) is 5.26 Å². The van der Waals surface area contributed by atoms with Crippen molar-refractivity contribution in [1.82, 2.24) is 14.9 Å². The van der Waals surface area contributed by atoms with E-state index in [4.69, 9.17) is 4.98 Å². The van der Waals surface area contributed by atoms with Crippen LogP contribution < -0.4 is 4.90 Å². The quantitative estimate of drug-likeness (QED) is 0.455. The second kappa shape index (κ2) is 12.1. The summed E-state index contributed by atoms with van der Waals surface area (Å²) < 4.78 is 0. The second-order valence-corrected chi connectivity index (χ2v) is 8.98. The highest BCUT2D eigenvalue weighted by Crippen LogP contribution is 2.27. The number of anilines is 1. The molecule has 8 heteroatoms. The molecule has 1 amide bonds. The van der Waals surface area contributed by atoms with E-state index in [-0.39, 0.29) is 17.6 Å². The summed E-state index contributed by atoms with van der Waals surface area (Å²) in [7, 11) is 0. The molecule has 1 saturated heterocycles. The number of amides is 1. The molecule has 184 valence electrons. The van der Waals surface area contributed by atoms with Crippen LogP contribution in [-0.4, -0.2) is 63.3 Å². The van der Waals surface area contributed by atoms with Crippen LogP contribution in [0.4, 0.5) is 5.82 Å². The van der Waals surface area contributed by atoms with Gasteiger partial charge in [0.2, 0.25) is 0 Å². The summed E-state index contributed by atoms with van der Waals surface area (Å²) in [6.07, 6.45) is 14.2. The minimum Gasteiger partial charge on any atom is -0.508 e. The van der Waals surface area contributed by atoms with E-state index >= 15 is 0 Å². The first-order chi connectivity index (χ1) is 16.8. The van der Waals surface area contributed by atoms with Crippen molar-refractivity contribution < 1.29 is 15.0 Å². The molecule has 35 heavy (non-hydrogen) atoms. The lowest BCUT2D eigenvalue weighted by atomic mass is 10.0. The highest BCUT2D eigenvalue weighted by Gasteiger charge is 2.28. The van der Waals surface area contributed by atoms with Crippen molar-refractivity contribution in [3.8, 4) is 6.07 Å². The van der Waals surface area contributed by atoms with Gasteiger partial charge in [0.1, 0.15) is 17.7 Å². The number of nitrogens with zero attached hydrogens (tertiary/aromatic N) is 5.